The zero-order valence-electron chi connectivity index (χ0n) is 42.1. The van der Waals surface area contributed by atoms with Gasteiger partial charge in [-0.3, -0.25) is 0 Å². The number of hydrogen-bond acceptors (Lipinski definition) is 0. The van der Waals surface area contributed by atoms with Gasteiger partial charge in [0.15, 0.2) is 0 Å². The third-order valence-corrected chi connectivity index (χ3v) is 17.3. The minimum absolute atomic E-state index is 0.138. The SMILES string of the molecule is CC1(C)c2cc(-c3ccc(-c4ccc(-c5ccc6c7c(cccc57)-c5ccccc5-6)cc4)cc3)ccc2-c2ccc(-c3ccc4c(c3)C(C)(C)c3cc(-c5ccc(-c6ccc7ccccc7c6)cc5)ccc3-4)cc21. The molecule has 0 N–H and O–H groups in total. The van der Waals surface area contributed by atoms with E-state index in [0.29, 0.717) is 0 Å². The molecule has 3 aliphatic carbocycles. The molecule has 12 aromatic carbocycles. The summed E-state index contributed by atoms with van der Waals surface area (Å²) in [7, 11) is 0. The third kappa shape index (κ3) is 6.41. The van der Waals surface area contributed by atoms with Crippen molar-refractivity contribution in [3.05, 3.63) is 265 Å². The molecule has 0 nitrogen and oxygen atoms in total. The van der Waals surface area contributed by atoms with Crippen molar-refractivity contribution in [1.29, 1.82) is 0 Å². The molecule has 0 bridgehead atoms. The lowest BCUT2D eigenvalue weighted by Crippen LogP contribution is -2.15. The van der Waals surface area contributed by atoms with Crippen LogP contribution in [0.1, 0.15) is 49.9 Å². The predicted molar refractivity (Wildman–Crippen MR) is 314 cm³/mol. The number of fused-ring (bicyclic) bond motifs is 10. The van der Waals surface area contributed by atoms with E-state index >= 15 is 0 Å². The molecule has 0 heteroatoms. The molecular weight excluding hydrogens is 889 g/mol. The summed E-state index contributed by atoms with van der Waals surface area (Å²) in [5.41, 5.74) is 31.0. The molecule has 0 aliphatic heterocycles. The van der Waals surface area contributed by atoms with Crippen LogP contribution in [0, 0.1) is 0 Å². The average Bonchev–Trinajstić information content (AvgIpc) is 3.99. The Morgan fingerprint density at radius 3 is 0.986 bits per heavy atom. The molecule has 0 aromatic heterocycles. The zero-order chi connectivity index (χ0) is 49.5. The van der Waals surface area contributed by atoms with Crippen LogP contribution in [0.5, 0.6) is 0 Å². The summed E-state index contributed by atoms with van der Waals surface area (Å²) in [5.74, 6) is 0. The first-order chi connectivity index (χ1) is 36.2. The zero-order valence-corrected chi connectivity index (χ0v) is 42.1. The van der Waals surface area contributed by atoms with Gasteiger partial charge in [-0.05, 0) is 185 Å². The molecule has 3 aliphatic rings. The number of rotatable bonds is 6. The van der Waals surface area contributed by atoms with Crippen LogP contribution in [0.25, 0.3) is 133 Å². The van der Waals surface area contributed by atoms with Crippen molar-refractivity contribution in [1.82, 2.24) is 0 Å². The maximum atomic E-state index is 2.47. The fourth-order valence-corrected chi connectivity index (χ4v) is 13.2. The highest BCUT2D eigenvalue weighted by atomic mass is 14.4. The Bertz CT molecular complexity index is 4280. The van der Waals surface area contributed by atoms with Gasteiger partial charge in [0, 0.05) is 10.8 Å². The molecule has 0 radical (unpaired) electrons. The first-order valence-electron chi connectivity index (χ1n) is 26.2. The van der Waals surface area contributed by atoms with Crippen LogP contribution < -0.4 is 0 Å². The van der Waals surface area contributed by atoms with Crippen LogP contribution >= 0.6 is 0 Å². The first kappa shape index (κ1) is 42.8. The quantitative estimate of drug-likeness (QED) is 0.156. The Morgan fingerprint density at radius 1 is 0.203 bits per heavy atom. The van der Waals surface area contributed by atoms with Gasteiger partial charge in [-0.1, -0.05) is 240 Å². The maximum absolute atomic E-state index is 2.47. The molecule has 15 rings (SSSR count). The Morgan fingerprint density at radius 2 is 0.514 bits per heavy atom. The van der Waals surface area contributed by atoms with Crippen LogP contribution in [0.3, 0.4) is 0 Å². The van der Waals surface area contributed by atoms with Gasteiger partial charge in [-0.2, -0.15) is 0 Å². The fourth-order valence-electron chi connectivity index (χ4n) is 13.2. The van der Waals surface area contributed by atoms with Gasteiger partial charge in [0.25, 0.3) is 0 Å². The summed E-state index contributed by atoms with van der Waals surface area (Å²) >= 11 is 0. The second-order valence-corrected chi connectivity index (χ2v) is 22.0. The molecule has 348 valence electrons. The van der Waals surface area contributed by atoms with Crippen molar-refractivity contribution in [2.45, 2.75) is 38.5 Å². The summed E-state index contributed by atoms with van der Waals surface area (Å²) in [6.45, 7) is 9.60. The highest BCUT2D eigenvalue weighted by Crippen LogP contribution is 2.54. The topological polar surface area (TPSA) is 0 Å². The van der Waals surface area contributed by atoms with Crippen molar-refractivity contribution in [2.75, 3.05) is 0 Å². The summed E-state index contributed by atoms with van der Waals surface area (Å²) in [6.07, 6.45) is 0. The maximum Gasteiger partial charge on any atom is 0.0159 e. The van der Waals surface area contributed by atoms with Crippen molar-refractivity contribution >= 4 is 21.5 Å². The van der Waals surface area contributed by atoms with E-state index in [1.54, 1.807) is 0 Å². The van der Waals surface area contributed by atoms with Crippen molar-refractivity contribution in [2.24, 2.45) is 0 Å². The molecule has 0 fully saturated rings. The van der Waals surface area contributed by atoms with E-state index < -0.39 is 0 Å². The smallest absolute Gasteiger partial charge is 0.0159 e. The summed E-state index contributed by atoms with van der Waals surface area (Å²) in [5, 5.41) is 5.22. The largest absolute Gasteiger partial charge is 0.0616 e. The lowest BCUT2D eigenvalue weighted by atomic mass is 9.79. The molecule has 0 heterocycles. The Hall–Kier alpha value is -8.84. The number of benzene rings is 12. The molecule has 0 atom stereocenters. The highest BCUT2D eigenvalue weighted by Gasteiger charge is 2.38. The van der Waals surface area contributed by atoms with Crippen LogP contribution in [-0.2, 0) is 10.8 Å². The van der Waals surface area contributed by atoms with Crippen molar-refractivity contribution < 1.29 is 0 Å². The second kappa shape index (κ2) is 15.8. The first-order valence-corrected chi connectivity index (χ1v) is 26.2. The predicted octanol–water partition coefficient (Wildman–Crippen LogP) is 20.3. The van der Waals surface area contributed by atoms with E-state index in [1.165, 1.54) is 155 Å². The monoisotopic (exact) mass is 940 g/mol. The lowest BCUT2D eigenvalue weighted by Gasteiger charge is -2.24. The molecule has 0 saturated carbocycles. The van der Waals surface area contributed by atoms with Gasteiger partial charge in [0.1, 0.15) is 0 Å². The van der Waals surface area contributed by atoms with Gasteiger partial charge in [0.2, 0.25) is 0 Å². The standard InChI is InChI=1S/C74H52/c1-73(2)68-41-54(49-18-16-46(17-19-49)47-24-27-51(28-25-47)58-38-39-67-60-13-8-7-12-59(60)66-15-9-14-65(58)72(66)67)30-34-61(68)63-36-32-56(43-70(63)73)57-33-37-64-62-35-31-55(42-69(62)74(3,4)71(64)44-57)50-22-20-48(21-23-50)53-29-26-45-10-5-6-11-52(45)40-53/h5-44H,1-4H3. The summed E-state index contributed by atoms with van der Waals surface area (Å²) in [4.78, 5) is 0. The van der Waals surface area contributed by atoms with Crippen LogP contribution in [-0.4, -0.2) is 0 Å². The van der Waals surface area contributed by atoms with E-state index in [-0.39, 0.29) is 10.8 Å². The van der Waals surface area contributed by atoms with Gasteiger partial charge < -0.3 is 0 Å². The van der Waals surface area contributed by atoms with E-state index in [1.807, 2.05) is 0 Å². The van der Waals surface area contributed by atoms with Crippen LogP contribution in [0.15, 0.2) is 243 Å². The lowest BCUT2D eigenvalue weighted by molar-refractivity contribution is 0.660. The minimum atomic E-state index is -0.149. The molecule has 0 spiro atoms. The van der Waals surface area contributed by atoms with Crippen molar-refractivity contribution in [3.63, 3.8) is 0 Å². The van der Waals surface area contributed by atoms with E-state index in [2.05, 4.69) is 270 Å². The average molecular weight is 941 g/mol. The summed E-state index contributed by atoms with van der Waals surface area (Å²) in [6, 6.07) is 91.4. The van der Waals surface area contributed by atoms with Crippen LogP contribution in [0.2, 0.25) is 0 Å². The van der Waals surface area contributed by atoms with Gasteiger partial charge in [-0.15, -0.1) is 0 Å². The fraction of sp³-hybridized carbons (Fsp3) is 0.0811. The Balaban J connectivity index is 0.670. The molecule has 0 unspecified atom stereocenters. The molecule has 0 amide bonds. The van der Waals surface area contributed by atoms with E-state index in [4.69, 9.17) is 0 Å². The second-order valence-electron chi connectivity index (χ2n) is 22.0. The van der Waals surface area contributed by atoms with E-state index in [9.17, 15) is 0 Å². The van der Waals surface area contributed by atoms with E-state index in [0.717, 1.165) is 0 Å². The van der Waals surface area contributed by atoms with Gasteiger partial charge in [0.05, 0.1) is 0 Å². The minimum Gasteiger partial charge on any atom is -0.0616 e. The van der Waals surface area contributed by atoms with Gasteiger partial charge in [-0.25, -0.2) is 0 Å². The van der Waals surface area contributed by atoms with Crippen molar-refractivity contribution in [3.8, 4) is 111 Å². The Kier molecular flexibility index (Phi) is 9.16. The molecule has 12 aromatic rings. The highest BCUT2D eigenvalue weighted by molar-refractivity contribution is 6.18. The molecule has 0 saturated heterocycles. The summed E-state index contributed by atoms with van der Waals surface area (Å²) < 4.78 is 0. The van der Waals surface area contributed by atoms with Crippen LogP contribution in [0.4, 0.5) is 0 Å². The normalized spacial score (nSPS) is 13.9. The van der Waals surface area contributed by atoms with Gasteiger partial charge >= 0.3 is 0 Å². The molecule has 74 heavy (non-hydrogen) atoms. The molecular formula is C74H52. The number of hydrogen-bond donors (Lipinski definition) is 0. The Labute approximate surface area is 433 Å². The third-order valence-electron chi connectivity index (χ3n) is 17.3.